The van der Waals surface area contributed by atoms with Gasteiger partial charge in [0.15, 0.2) is 5.13 Å². The number of esters is 1. The molecular weight excluding hydrogens is 488 g/mol. The van der Waals surface area contributed by atoms with Crippen LogP contribution in [0.25, 0.3) is 10.2 Å². The Morgan fingerprint density at radius 1 is 1.00 bits per heavy atom. The van der Waals surface area contributed by atoms with Crippen molar-refractivity contribution in [1.29, 1.82) is 0 Å². The summed E-state index contributed by atoms with van der Waals surface area (Å²) >= 11 is 7.47. The third-order valence-corrected chi connectivity index (χ3v) is 6.41. The molecule has 8 nitrogen and oxygen atoms in total. The summed E-state index contributed by atoms with van der Waals surface area (Å²) in [4.78, 5) is 41.0. The van der Waals surface area contributed by atoms with E-state index in [1.165, 1.54) is 18.4 Å². The number of ether oxygens (including phenoxy) is 1. The second-order valence-electron chi connectivity index (χ2n) is 7.58. The first-order chi connectivity index (χ1) is 16.8. The number of urea groups is 1. The molecule has 0 saturated heterocycles. The highest BCUT2D eigenvalue weighted by atomic mass is 35.5. The van der Waals surface area contributed by atoms with Crippen LogP contribution in [0.3, 0.4) is 0 Å². The number of fused-ring (bicyclic) bond motifs is 1. The Labute approximate surface area is 210 Å². The van der Waals surface area contributed by atoms with Crippen molar-refractivity contribution in [3.63, 3.8) is 0 Å². The van der Waals surface area contributed by atoms with Gasteiger partial charge in [-0.1, -0.05) is 47.2 Å². The minimum atomic E-state index is -0.423. The Bertz CT molecular complexity index is 1400. The summed E-state index contributed by atoms with van der Waals surface area (Å²) in [6, 6.07) is 16.9. The van der Waals surface area contributed by atoms with Crippen LogP contribution in [0.4, 0.5) is 15.6 Å². The molecule has 3 amide bonds. The van der Waals surface area contributed by atoms with Crippen molar-refractivity contribution >= 4 is 61.9 Å². The Morgan fingerprint density at radius 2 is 1.74 bits per heavy atom. The van der Waals surface area contributed by atoms with Crippen LogP contribution in [0, 0.1) is 6.92 Å². The van der Waals surface area contributed by atoms with Gasteiger partial charge < -0.3 is 15.4 Å². The van der Waals surface area contributed by atoms with E-state index in [9.17, 15) is 14.4 Å². The van der Waals surface area contributed by atoms with Gasteiger partial charge in [-0.3, -0.25) is 10.1 Å². The van der Waals surface area contributed by atoms with Gasteiger partial charge in [-0.15, -0.1) is 0 Å². The number of aryl methyl sites for hydroxylation is 1. The quantitative estimate of drug-likeness (QED) is 0.293. The fourth-order valence-corrected chi connectivity index (χ4v) is 4.46. The number of nitrogens with zero attached hydrogens (tertiary/aromatic N) is 1. The first kappa shape index (κ1) is 24.2. The smallest absolute Gasteiger partial charge is 0.337 e. The third kappa shape index (κ3) is 5.76. The summed E-state index contributed by atoms with van der Waals surface area (Å²) in [6.07, 6.45) is 0. The monoisotopic (exact) mass is 508 g/mol. The number of benzene rings is 3. The predicted molar refractivity (Wildman–Crippen MR) is 137 cm³/mol. The summed E-state index contributed by atoms with van der Waals surface area (Å²) in [5.74, 6) is -0.709. The molecule has 0 spiro atoms. The second-order valence-corrected chi connectivity index (χ2v) is 9.02. The van der Waals surface area contributed by atoms with E-state index in [0.717, 1.165) is 15.8 Å². The molecule has 0 bridgehead atoms. The molecule has 0 saturated carbocycles. The van der Waals surface area contributed by atoms with E-state index < -0.39 is 12.0 Å². The van der Waals surface area contributed by atoms with E-state index in [4.69, 9.17) is 11.6 Å². The molecule has 35 heavy (non-hydrogen) atoms. The number of anilines is 2. The van der Waals surface area contributed by atoms with E-state index in [0.29, 0.717) is 32.5 Å². The van der Waals surface area contributed by atoms with Gasteiger partial charge in [0, 0.05) is 12.1 Å². The summed E-state index contributed by atoms with van der Waals surface area (Å²) in [5, 5.41) is 9.17. The third-order valence-electron chi connectivity index (χ3n) is 5.16. The molecule has 1 aromatic heterocycles. The minimum Gasteiger partial charge on any atom is -0.465 e. The fourth-order valence-electron chi connectivity index (χ4n) is 3.30. The Hall–Kier alpha value is -3.95. The van der Waals surface area contributed by atoms with Crippen molar-refractivity contribution in [2.24, 2.45) is 0 Å². The maximum absolute atomic E-state index is 12.8. The number of hydrogen-bond acceptors (Lipinski definition) is 6. The van der Waals surface area contributed by atoms with Gasteiger partial charge in [0.25, 0.3) is 5.91 Å². The number of halogens is 1. The van der Waals surface area contributed by atoms with Gasteiger partial charge in [-0.2, -0.15) is 0 Å². The molecule has 1 heterocycles. The highest BCUT2D eigenvalue weighted by Gasteiger charge is 2.14. The van der Waals surface area contributed by atoms with E-state index in [1.54, 1.807) is 48.5 Å². The number of methoxy groups -OCH3 is 1. The van der Waals surface area contributed by atoms with Crippen LogP contribution in [0.5, 0.6) is 0 Å². The largest absolute Gasteiger partial charge is 0.465 e. The number of carbonyl (C=O) groups is 3. The molecule has 3 aromatic carbocycles. The molecule has 0 unspecified atom stereocenters. The minimum absolute atomic E-state index is 0.268. The van der Waals surface area contributed by atoms with E-state index in [1.807, 2.05) is 19.1 Å². The van der Waals surface area contributed by atoms with Crippen molar-refractivity contribution in [3.8, 4) is 0 Å². The van der Waals surface area contributed by atoms with Crippen LogP contribution in [0.1, 0.15) is 31.8 Å². The number of rotatable bonds is 6. The van der Waals surface area contributed by atoms with Crippen LogP contribution in [-0.2, 0) is 11.3 Å². The average molecular weight is 509 g/mol. The fraction of sp³-hybridized carbons (Fsp3) is 0.120. The second kappa shape index (κ2) is 10.5. The van der Waals surface area contributed by atoms with Crippen molar-refractivity contribution in [2.75, 3.05) is 17.7 Å². The van der Waals surface area contributed by atoms with E-state index in [2.05, 4.69) is 25.7 Å². The van der Waals surface area contributed by atoms with Crippen LogP contribution in [-0.4, -0.2) is 30.0 Å². The van der Waals surface area contributed by atoms with Crippen LogP contribution >= 0.6 is 22.9 Å². The van der Waals surface area contributed by atoms with Crippen molar-refractivity contribution < 1.29 is 19.1 Å². The Morgan fingerprint density at radius 3 is 2.46 bits per heavy atom. The number of para-hydroxylation sites is 1. The number of nitrogens with one attached hydrogen (secondary N) is 3. The van der Waals surface area contributed by atoms with Crippen LogP contribution < -0.4 is 16.0 Å². The number of aromatic nitrogens is 1. The predicted octanol–water partition coefficient (Wildman–Crippen LogP) is 5.62. The Kier molecular flexibility index (Phi) is 7.28. The molecule has 0 atom stereocenters. The molecule has 0 aliphatic heterocycles. The number of carbonyl (C=O) groups excluding carboxylic acids is 3. The molecule has 0 radical (unpaired) electrons. The summed E-state index contributed by atoms with van der Waals surface area (Å²) < 4.78 is 5.42. The van der Waals surface area contributed by atoms with Crippen molar-refractivity contribution in [3.05, 3.63) is 87.9 Å². The summed E-state index contributed by atoms with van der Waals surface area (Å²) in [5.41, 5.74) is 3.80. The lowest BCUT2D eigenvalue weighted by Gasteiger charge is -2.10. The maximum Gasteiger partial charge on any atom is 0.337 e. The first-order valence-electron chi connectivity index (χ1n) is 10.5. The van der Waals surface area contributed by atoms with Gasteiger partial charge in [0.1, 0.15) is 0 Å². The molecule has 4 aromatic rings. The standard InChI is InChI=1S/C25H21ClN4O4S/c1-14-4-3-5-18(26)21(14)29-22(31)17-10-11-19-20(12-17)35-25(28-19)30-24(33)27-13-15-6-8-16(9-7-15)23(32)34-2/h3-12H,13H2,1-2H3,(H,29,31)(H2,27,28,30,33). The van der Waals surface area contributed by atoms with Gasteiger partial charge in [-0.05, 0) is 54.4 Å². The molecule has 10 heteroatoms. The van der Waals surface area contributed by atoms with Gasteiger partial charge in [-0.25, -0.2) is 14.6 Å². The zero-order valence-corrected chi connectivity index (χ0v) is 20.4. The molecule has 0 fully saturated rings. The zero-order valence-electron chi connectivity index (χ0n) is 18.8. The zero-order chi connectivity index (χ0) is 24.9. The van der Waals surface area contributed by atoms with Crippen LogP contribution in [0.15, 0.2) is 60.7 Å². The first-order valence-corrected chi connectivity index (χ1v) is 11.7. The topological polar surface area (TPSA) is 109 Å². The summed E-state index contributed by atoms with van der Waals surface area (Å²) in [7, 11) is 1.32. The lowest BCUT2D eigenvalue weighted by atomic mass is 10.1. The normalized spacial score (nSPS) is 10.6. The molecular formula is C25H21ClN4O4S. The highest BCUT2D eigenvalue weighted by molar-refractivity contribution is 7.22. The molecule has 3 N–H and O–H groups in total. The lowest BCUT2D eigenvalue weighted by molar-refractivity contribution is 0.0600. The van der Waals surface area contributed by atoms with Gasteiger partial charge >= 0.3 is 12.0 Å². The van der Waals surface area contributed by atoms with Crippen LogP contribution in [0.2, 0.25) is 5.02 Å². The number of thiazole rings is 1. The number of hydrogen-bond donors (Lipinski definition) is 3. The van der Waals surface area contributed by atoms with Gasteiger partial charge in [0.05, 0.1) is 33.6 Å². The van der Waals surface area contributed by atoms with Crippen molar-refractivity contribution in [1.82, 2.24) is 10.3 Å². The highest BCUT2D eigenvalue weighted by Crippen LogP contribution is 2.29. The van der Waals surface area contributed by atoms with Crippen molar-refractivity contribution in [2.45, 2.75) is 13.5 Å². The molecule has 0 aliphatic rings. The van der Waals surface area contributed by atoms with E-state index >= 15 is 0 Å². The van der Waals surface area contributed by atoms with Gasteiger partial charge in [0.2, 0.25) is 0 Å². The SMILES string of the molecule is COC(=O)c1ccc(CNC(=O)Nc2nc3ccc(C(=O)Nc4c(C)cccc4Cl)cc3s2)cc1. The Balaban J connectivity index is 1.38. The molecule has 4 rings (SSSR count). The number of amides is 3. The summed E-state index contributed by atoms with van der Waals surface area (Å²) in [6.45, 7) is 2.14. The molecule has 178 valence electrons. The lowest BCUT2D eigenvalue weighted by Crippen LogP contribution is -2.28. The molecule has 0 aliphatic carbocycles. The maximum atomic E-state index is 12.8. The van der Waals surface area contributed by atoms with E-state index in [-0.39, 0.29) is 12.5 Å². The average Bonchev–Trinajstić information content (AvgIpc) is 3.26.